The second-order valence-electron chi connectivity index (χ2n) is 7.52. The second kappa shape index (κ2) is 10.8. The second-order valence-corrected chi connectivity index (χ2v) is 8.54. The summed E-state index contributed by atoms with van der Waals surface area (Å²) in [7, 11) is 1.79. The number of amides is 1. The van der Waals surface area contributed by atoms with Gasteiger partial charge in [-0.2, -0.15) is 4.68 Å². The summed E-state index contributed by atoms with van der Waals surface area (Å²) in [6.07, 6.45) is 0. The Balaban J connectivity index is 1.39. The monoisotopic (exact) mass is 459 g/mol. The van der Waals surface area contributed by atoms with Crippen LogP contribution in [-0.4, -0.2) is 51.2 Å². The molecule has 0 aliphatic heterocycles. The van der Waals surface area contributed by atoms with E-state index in [2.05, 4.69) is 15.5 Å². The van der Waals surface area contributed by atoms with E-state index in [-0.39, 0.29) is 5.91 Å². The van der Waals surface area contributed by atoms with Crippen molar-refractivity contribution in [3.8, 4) is 11.4 Å². The fraction of sp³-hybridized carbons (Fsp3) is 0.200. The third kappa shape index (κ3) is 5.78. The largest absolute Gasteiger partial charge is 0.492 e. The summed E-state index contributed by atoms with van der Waals surface area (Å²) < 4.78 is 7.52. The van der Waals surface area contributed by atoms with Gasteiger partial charge < -0.3 is 9.64 Å². The maximum atomic E-state index is 13.1. The lowest BCUT2D eigenvalue weighted by Crippen LogP contribution is -2.31. The van der Waals surface area contributed by atoms with Gasteiger partial charge in [0.05, 0.1) is 23.5 Å². The van der Waals surface area contributed by atoms with Crippen molar-refractivity contribution >= 4 is 17.7 Å². The molecule has 168 valence electrons. The molecule has 1 amide bonds. The first-order chi connectivity index (χ1) is 16.1. The van der Waals surface area contributed by atoms with Gasteiger partial charge in [-0.15, -0.1) is 16.9 Å². The number of hydrogen-bond acceptors (Lipinski definition) is 6. The highest BCUT2D eigenvalue weighted by molar-refractivity contribution is 7.98. The van der Waals surface area contributed by atoms with E-state index in [9.17, 15) is 4.79 Å². The molecule has 0 N–H and O–H groups in total. The number of hydrogen-bond donors (Lipinski definition) is 0. The van der Waals surface area contributed by atoms with E-state index in [1.807, 2.05) is 85.8 Å². The van der Waals surface area contributed by atoms with Crippen LogP contribution in [0.15, 0.2) is 83.8 Å². The molecule has 0 unspecified atom stereocenters. The Morgan fingerprint density at radius 2 is 1.82 bits per heavy atom. The maximum Gasteiger partial charge on any atom is 0.254 e. The summed E-state index contributed by atoms with van der Waals surface area (Å²) in [6, 6.07) is 25.2. The number of aryl methyl sites for hydroxylation is 1. The van der Waals surface area contributed by atoms with Crippen LogP contribution < -0.4 is 4.74 Å². The average Bonchev–Trinajstić information content (AvgIpc) is 3.32. The standard InChI is InChI=1S/C25H25N5O2S/c1-19-9-8-12-21(17-19)32-16-15-29(2)25(31)22-13-6-7-14-23(22)33-18-24-26-27-28-30(24)20-10-4-3-5-11-20/h3-14,17H,15-16,18H2,1-2H3. The molecule has 3 aromatic carbocycles. The predicted octanol–water partition coefficient (Wildman–Crippen LogP) is 4.41. The number of para-hydroxylation sites is 1. The van der Waals surface area contributed by atoms with Crippen LogP contribution in [0.5, 0.6) is 5.75 Å². The molecule has 0 spiro atoms. The van der Waals surface area contributed by atoms with Gasteiger partial charge >= 0.3 is 0 Å². The van der Waals surface area contributed by atoms with Crippen LogP contribution in [0.3, 0.4) is 0 Å². The molecule has 1 aromatic heterocycles. The molecule has 1 heterocycles. The van der Waals surface area contributed by atoms with Crippen molar-refractivity contribution in [2.24, 2.45) is 0 Å². The van der Waals surface area contributed by atoms with Crippen molar-refractivity contribution < 1.29 is 9.53 Å². The highest BCUT2D eigenvalue weighted by Crippen LogP contribution is 2.27. The molecule has 0 aliphatic carbocycles. The number of rotatable bonds is 9. The molecule has 0 fully saturated rings. The van der Waals surface area contributed by atoms with Gasteiger partial charge in [0, 0.05) is 11.9 Å². The summed E-state index contributed by atoms with van der Waals surface area (Å²) >= 11 is 1.54. The number of likely N-dealkylation sites (N-methyl/N-ethyl adjacent to an activating group) is 1. The van der Waals surface area contributed by atoms with Crippen molar-refractivity contribution in [1.29, 1.82) is 0 Å². The zero-order chi connectivity index (χ0) is 23.0. The Morgan fingerprint density at radius 1 is 1.03 bits per heavy atom. The van der Waals surface area contributed by atoms with Crippen molar-refractivity contribution in [3.63, 3.8) is 0 Å². The quantitative estimate of drug-likeness (QED) is 0.345. The number of carbonyl (C=O) groups is 1. The number of nitrogens with zero attached hydrogens (tertiary/aromatic N) is 5. The summed E-state index contributed by atoms with van der Waals surface area (Å²) in [6.45, 7) is 2.93. The van der Waals surface area contributed by atoms with Gasteiger partial charge in [-0.3, -0.25) is 4.79 Å². The first-order valence-corrected chi connectivity index (χ1v) is 11.6. The zero-order valence-corrected chi connectivity index (χ0v) is 19.4. The van der Waals surface area contributed by atoms with E-state index in [4.69, 9.17) is 4.74 Å². The van der Waals surface area contributed by atoms with Gasteiger partial charge in [-0.1, -0.05) is 42.5 Å². The molecule has 4 aromatic rings. The molecule has 0 saturated heterocycles. The highest BCUT2D eigenvalue weighted by atomic mass is 32.2. The Kier molecular flexibility index (Phi) is 7.36. The van der Waals surface area contributed by atoms with Crippen LogP contribution in [0.2, 0.25) is 0 Å². The van der Waals surface area contributed by atoms with Crippen LogP contribution in [0.4, 0.5) is 0 Å². The number of aromatic nitrogens is 4. The fourth-order valence-electron chi connectivity index (χ4n) is 3.29. The van der Waals surface area contributed by atoms with Gasteiger partial charge in [0.2, 0.25) is 0 Å². The van der Waals surface area contributed by atoms with Gasteiger partial charge in [-0.25, -0.2) is 0 Å². The summed E-state index contributed by atoms with van der Waals surface area (Å²) in [4.78, 5) is 15.7. The Labute approximate surface area is 197 Å². The minimum atomic E-state index is -0.0476. The number of thioether (sulfide) groups is 1. The summed E-state index contributed by atoms with van der Waals surface area (Å²) in [5.74, 6) is 2.01. The van der Waals surface area contributed by atoms with Crippen LogP contribution >= 0.6 is 11.8 Å². The first kappa shape index (κ1) is 22.5. The normalized spacial score (nSPS) is 10.7. The van der Waals surface area contributed by atoms with E-state index in [1.54, 1.807) is 16.6 Å². The van der Waals surface area contributed by atoms with Gasteiger partial charge in [0.1, 0.15) is 12.4 Å². The highest BCUT2D eigenvalue weighted by Gasteiger charge is 2.17. The Morgan fingerprint density at radius 3 is 2.64 bits per heavy atom. The molecule has 4 rings (SSSR count). The molecular formula is C25H25N5O2S. The SMILES string of the molecule is Cc1cccc(OCCN(C)C(=O)c2ccccc2SCc2nnnn2-c2ccccc2)c1. The van der Waals surface area contributed by atoms with E-state index < -0.39 is 0 Å². The number of ether oxygens (including phenoxy) is 1. The van der Waals surface area contributed by atoms with Crippen LogP contribution in [0, 0.1) is 6.92 Å². The van der Waals surface area contributed by atoms with Crippen LogP contribution in [0.25, 0.3) is 5.69 Å². The van der Waals surface area contributed by atoms with Crippen molar-refractivity contribution in [2.75, 3.05) is 20.2 Å². The van der Waals surface area contributed by atoms with Crippen molar-refractivity contribution in [3.05, 3.63) is 95.8 Å². The summed E-state index contributed by atoms with van der Waals surface area (Å²) in [5, 5.41) is 12.1. The van der Waals surface area contributed by atoms with Crippen molar-refractivity contribution in [1.82, 2.24) is 25.1 Å². The van der Waals surface area contributed by atoms with E-state index >= 15 is 0 Å². The predicted molar refractivity (Wildman–Crippen MR) is 129 cm³/mol. The molecule has 0 bridgehead atoms. The number of tetrazole rings is 1. The molecule has 0 atom stereocenters. The smallest absolute Gasteiger partial charge is 0.254 e. The molecule has 33 heavy (non-hydrogen) atoms. The van der Waals surface area contributed by atoms with Gasteiger partial charge in [-0.05, 0) is 59.3 Å². The molecule has 0 radical (unpaired) electrons. The van der Waals surface area contributed by atoms with E-state index in [1.165, 1.54) is 11.8 Å². The fourth-order valence-corrected chi connectivity index (χ4v) is 4.24. The van der Waals surface area contributed by atoms with Crippen molar-refractivity contribution in [2.45, 2.75) is 17.6 Å². The van der Waals surface area contributed by atoms with E-state index in [0.717, 1.165) is 21.9 Å². The molecule has 0 saturated carbocycles. The summed E-state index contributed by atoms with van der Waals surface area (Å²) in [5.41, 5.74) is 2.69. The molecule has 0 aliphatic rings. The topological polar surface area (TPSA) is 73.1 Å². The average molecular weight is 460 g/mol. The lowest BCUT2D eigenvalue weighted by Gasteiger charge is -2.19. The van der Waals surface area contributed by atoms with E-state index in [0.29, 0.717) is 30.3 Å². The number of carbonyl (C=O) groups excluding carboxylic acids is 1. The molecular weight excluding hydrogens is 434 g/mol. The van der Waals surface area contributed by atoms with Gasteiger partial charge in [0.15, 0.2) is 5.82 Å². The third-order valence-corrected chi connectivity index (χ3v) is 6.11. The third-order valence-electron chi connectivity index (χ3n) is 5.04. The number of benzene rings is 3. The molecule has 7 nitrogen and oxygen atoms in total. The Hall–Kier alpha value is -3.65. The first-order valence-electron chi connectivity index (χ1n) is 10.6. The van der Waals surface area contributed by atoms with Crippen LogP contribution in [0.1, 0.15) is 21.7 Å². The maximum absolute atomic E-state index is 13.1. The molecule has 8 heteroatoms. The van der Waals surface area contributed by atoms with Gasteiger partial charge in [0.25, 0.3) is 5.91 Å². The minimum Gasteiger partial charge on any atom is -0.492 e. The zero-order valence-electron chi connectivity index (χ0n) is 18.6. The van der Waals surface area contributed by atoms with Crippen LogP contribution in [-0.2, 0) is 5.75 Å². The Bertz CT molecular complexity index is 1210. The lowest BCUT2D eigenvalue weighted by molar-refractivity contribution is 0.0770. The minimum absolute atomic E-state index is 0.0476. The lowest BCUT2D eigenvalue weighted by atomic mass is 10.2.